The number of amides is 1. The minimum absolute atomic E-state index is 0.0246. The molecule has 124 valence electrons. The minimum Gasteiger partial charge on any atom is -0.389 e. The normalized spacial score (nSPS) is 21.9. The summed E-state index contributed by atoms with van der Waals surface area (Å²) in [7, 11) is 0. The molecule has 0 spiro atoms. The number of halogens is 2. The lowest BCUT2D eigenvalue weighted by Crippen LogP contribution is -2.32. The first-order valence-electron chi connectivity index (χ1n) is 7.88. The molecule has 2 heterocycles. The van der Waals surface area contributed by atoms with Crippen LogP contribution in [0.5, 0.6) is 0 Å². The fraction of sp³-hybridized carbons (Fsp3) is 0.278. The molecule has 2 N–H and O–H groups in total. The Hall–Kier alpha value is -1.75. The van der Waals surface area contributed by atoms with Gasteiger partial charge in [-0.1, -0.05) is 23.2 Å². The Morgan fingerprint density at radius 3 is 2.21 bits per heavy atom. The topological polar surface area (TPSA) is 54.3 Å². The van der Waals surface area contributed by atoms with Crippen molar-refractivity contribution in [1.29, 1.82) is 0 Å². The molecule has 1 saturated heterocycles. The molecule has 0 aliphatic carbocycles. The molecule has 1 aliphatic heterocycles. The van der Waals surface area contributed by atoms with Crippen molar-refractivity contribution in [3.8, 4) is 0 Å². The fourth-order valence-corrected chi connectivity index (χ4v) is 3.91. The second-order valence-electron chi connectivity index (χ2n) is 6.17. The highest BCUT2D eigenvalue weighted by Crippen LogP contribution is 2.37. The van der Waals surface area contributed by atoms with Gasteiger partial charge in [0.2, 0.25) is 5.91 Å². The molecule has 1 amide bonds. The van der Waals surface area contributed by atoms with Gasteiger partial charge in [0, 0.05) is 44.8 Å². The van der Waals surface area contributed by atoms with E-state index in [0.29, 0.717) is 22.9 Å². The molecule has 0 radical (unpaired) electrons. The van der Waals surface area contributed by atoms with E-state index in [4.69, 9.17) is 23.2 Å². The summed E-state index contributed by atoms with van der Waals surface area (Å²) in [6.45, 7) is 0.256. The van der Waals surface area contributed by atoms with E-state index in [9.17, 15) is 9.90 Å². The summed E-state index contributed by atoms with van der Waals surface area (Å²) >= 11 is 12.4. The summed E-state index contributed by atoms with van der Waals surface area (Å²) in [6, 6.07) is 11.2. The molecule has 0 saturated carbocycles. The number of carbonyl (C=O) groups excluding carboxylic acids is 1. The number of rotatable bonds is 1. The van der Waals surface area contributed by atoms with Gasteiger partial charge < -0.3 is 15.0 Å². The first kappa shape index (κ1) is 15.8. The summed E-state index contributed by atoms with van der Waals surface area (Å²) in [4.78, 5) is 11.7. The number of hydrogen-bond acceptors (Lipinski definition) is 2. The molecule has 0 unspecified atom stereocenters. The number of benzene rings is 2. The summed E-state index contributed by atoms with van der Waals surface area (Å²) < 4.78 is 2.11. The number of aromatic nitrogens is 1. The Bertz CT molecular complexity index is 892. The molecule has 4 nitrogen and oxygen atoms in total. The lowest BCUT2D eigenvalue weighted by atomic mass is 10.1. The zero-order valence-electron chi connectivity index (χ0n) is 12.8. The van der Waals surface area contributed by atoms with Crippen LogP contribution in [0.15, 0.2) is 36.4 Å². The first-order chi connectivity index (χ1) is 11.5. The highest BCUT2D eigenvalue weighted by Gasteiger charge is 2.28. The van der Waals surface area contributed by atoms with Crippen molar-refractivity contribution < 1.29 is 9.90 Å². The Labute approximate surface area is 149 Å². The summed E-state index contributed by atoms with van der Waals surface area (Å²) in [6.07, 6.45) is 0.322. The van der Waals surface area contributed by atoms with Crippen LogP contribution in [0.25, 0.3) is 21.8 Å². The van der Waals surface area contributed by atoms with Crippen molar-refractivity contribution in [3.63, 3.8) is 0 Å². The van der Waals surface area contributed by atoms with Gasteiger partial charge in [-0.05, 0) is 42.8 Å². The third-order valence-electron chi connectivity index (χ3n) is 4.68. The lowest BCUT2D eigenvalue weighted by molar-refractivity contribution is -0.120. The number of hydrogen-bond donors (Lipinski definition) is 2. The molecular weight excluding hydrogens is 347 g/mol. The first-order valence-corrected chi connectivity index (χ1v) is 8.63. The minimum atomic E-state index is -0.651. The van der Waals surface area contributed by atoms with E-state index in [1.807, 2.05) is 36.4 Å². The smallest absolute Gasteiger partial charge is 0.220 e. The summed E-state index contributed by atoms with van der Waals surface area (Å²) in [5.41, 5.74) is 1.96. The van der Waals surface area contributed by atoms with Gasteiger partial charge in [-0.25, -0.2) is 0 Å². The van der Waals surface area contributed by atoms with E-state index >= 15 is 0 Å². The number of fused-ring (bicyclic) bond motifs is 3. The number of nitrogens with zero attached hydrogens (tertiary/aromatic N) is 1. The van der Waals surface area contributed by atoms with Gasteiger partial charge in [-0.2, -0.15) is 0 Å². The maximum Gasteiger partial charge on any atom is 0.220 e. The molecule has 2 aromatic carbocycles. The number of nitrogens with one attached hydrogen (secondary N) is 1. The van der Waals surface area contributed by atoms with Crippen molar-refractivity contribution in [2.75, 3.05) is 6.54 Å². The molecule has 1 aliphatic rings. The molecular formula is C18H16Cl2N2O2. The van der Waals surface area contributed by atoms with Crippen LogP contribution in [0.3, 0.4) is 0 Å². The number of β-amino-alcohol motifs (C(OH)–C–C–N with tert-alkyl or cyclic N) is 1. The maximum atomic E-state index is 11.7. The number of aliphatic hydroxyl groups excluding tert-OH is 1. The predicted molar refractivity (Wildman–Crippen MR) is 96.8 cm³/mol. The van der Waals surface area contributed by atoms with Gasteiger partial charge >= 0.3 is 0 Å². The molecule has 6 heteroatoms. The standard InChI is InChI=1S/C18H16Cl2N2O2/c19-10-1-3-14-12(7-10)13-8-11(20)2-4-15(13)22(14)16-5-6-18(24)21-9-17(16)23/h1-4,7-8,16-17,23H,5-6,9H2,(H,21,24)/t16-,17-/m1/s1. The van der Waals surface area contributed by atoms with E-state index in [1.165, 1.54) is 0 Å². The Morgan fingerprint density at radius 2 is 1.62 bits per heavy atom. The lowest BCUT2D eigenvalue weighted by Gasteiger charge is -2.24. The third-order valence-corrected chi connectivity index (χ3v) is 5.15. The molecule has 1 fully saturated rings. The monoisotopic (exact) mass is 362 g/mol. The van der Waals surface area contributed by atoms with E-state index < -0.39 is 6.10 Å². The highest BCUT2D eigenvalue weighted by atomic mass is 35.5. The maximum absolute atomic E-state index is 11.7. The third kappa shape index (κ3) is 2.55. The van der Waals surface area contributed by atoms with Crippen LogP contribution < -0.4 is 5.32 Å². The molecule has 1 aromatic heterocycles. The van der Waals surface area contributed by atoms with Crippen LogP contribution in [0, 0.1) is 0 Å². The van der Waals surface area contributed by atoms with Crippen LogP contribution in [0.2, 0.25) is 10.0 Å². The zero-order chi connectivity index (χ0) is 16.8. The second-order valence-corrected chi connectivity index (χ2v) is 7.04. The fourth-order valence-electron chi connectivity index (χ4n) is 3.57. The van der Waals surface area contributed by atoms with E-state index in [0.717, 1.165) is 21.8 Å². The largest absolute Gasteiger partial charge is 0.389 e. The van der Waals surface area contributed by atoms with E-state index in [-0.39, 0.29) is 18.5 Å². The molecule has 0 bridgehead atoms. The Morgan fingerprint density at radius 1 is 1.04 bits per heavy atom. The van der Waals surface area contributed by atoms with Gasteiger partial charge in [0.25, 0.3) is 0 Å². The van der Waals surface area contributed by atoms with E-state index in [2.05, 4.69) is 9.88 Å². The van der Waals surface area contributed by atoms with Gasteiger partial charge in [0.05, 0.1) is 12.1 Å². The number of carbonyl (C=O) groups is 1. The number of aliphatic hydroxyl groups is 1. The highest BCUT2D eigenvalue weighted by molar-refractivity contribution is 6.33. The summed E-state index contributed by atoms with van der Waals surface area (Å²) in [5.74, 6) is -0.0246. The molecule has 4 rings (SSSR count). The van der Waals surface area contributed by atoms with Crippen LogP contribution >= 0.6 is 23.2 Å². The van der Waals surface area contributed by atoms with Crippen LogP contribution in [-0.2, 0) is 4.79 Å². The van der Waals surface area contributed by atoms with Crippen molar-refractivity contribution >= 4 is 50.9 Å². The van der Waals surface area contributed by atoms with Crippen LogP contribution in [-0.4, -0.2) is 28.2 Å². The van der Waals surface area contributed by atoms with Crippen LogP contribution in [0.4, 0.5) is 0 Å². The SMILES string of the molecule is O=C1CC[C@@H](n2c3ccc(Cl)cc3c3cc(Cl)ccc32)[C@H](O)CN1. The quantitative estimate of drug-likeness (QED) is 0.689. The van der Waals surface area contributed by atoms with Crippen molar-refractivity contribution in [3.05, 3.63) is 46.4 Å². The molecule has 3 aromatic rings. The Kier molecular flexibility index (Phi) is 3.91. The van der Waals surface area contributed by atoms with Gasteiger partial charge in [0.15, 0.2) is 0 Å². The average Bonchev–Trinajstić information content (AvgIpc) is 2.76. The zero-order valence-corrected chi connectivity index (χ0v) is 14.3. The van der Waals surface area contributed by atoms with Gasteiger partial charge in [-0.15, -0.1) is 0 Å². The van der Waals surface area contributed by atoms with Crippen molar-refractivity contribution in [2.45, 2.75) is 25.0 Å². The van der Waals surface area contributed by atoms with E-state index in [1.54, 1.807) is 0 Å². The van der Waals surface area contributed by atoms with Gasteiger partial charge in [0.1, 0.15) is 0 Å². The average molecular weight is 363 g/mol. The predicted octanol–water partition coefficient (Wildman–Crippen LogP) is 3.91. The van der Waals surface area contributed by atoms with Crippen LogP contribution in [0.1, 0.15) is 18.9 Å². The molecule has 24 heavy (non-hydrogen) atoms. The van der Waals surface area contributed by atoms with Gasteiger partial charge in [-0.3, -0.25) is 4.79 Å². The van der Waals surface area contributed by atoms with Crippen molar-refractivity contribution in [1.82, 2.24) is 9.88 Å². The van der Waals surface area contributed by atoms with Crippen molar-refractivity contribution in [2.24, 2.45) is 0 Å². The Balaban J connectivity index is 2.00. The second kappa shape index (κ2) is 5.96. The summed E-state index contributed by atoms with van der Waals surface area (Å²) in [5, 5.41) is 16.6. The molecule has 2 atom stereocenters.